The molecule has 2 rings (SSSR count). The summed E-state index contributed by atoms with van der Waals surface area (Å²) in [5, 5.41) is 3.74. The number of nitrogens with zero attached hydrogens (tertiary/aromatic N) is 1. The van der Waals surface area contributed by atoms with E-state index < -0.39 is 11.9 Å². The van der Waals surface area contributed by atoms with Crippen molar-refractivity contribution in [1.82, 2.24) is 4.90 Å². The zero-order valence-electron chi connectivity index (χ0n) is 12.1. The van der Waals surface area contributed by atoms with Gasteiger partial charge in [0.05, 0.1) is 18.4 Å². The predicted octanol–water partition coefficient (Wildman–Crippen LogP) is 0.579. The van der Waals surface area contributed by atoms with Gasteiger partial charge in [-0.15, -0.1) is 11.3 Å². The molecule has 0 aromatic carbocycles. The Balaban J connectivity index is 2.17. The molecule has 116 valence electrons. The normalized spacial score (nSPS) is 18.7. The van der Waals surface area contributed by atoms with Gasteiger partial charge in [-0.25, -0.2) is 4.79 Å². The monoisotopic (exact) mass is 312 g/mol. The van der Waals surface area contributed by atoms with Gasteiger partial charge in [0.2, 0.25) is 0 Å². The summed E-state index contributed by atoms with van der Waals surface area (Å²) >= 11 is 1.11. The van der Waals surface area contributed by atoms with Crippen molar-refractivity contribution in [2.75, 3.05) is 44.8 Å². The zero-order chi connectivity index (χ0) is 15.6. The smallest absolute Gasteiger partial charge is 0.350 e. The highest BCUT2D eigenvalue weighted by atomic mass is 32.1. The zero-order valence-corrected chi connectivity index (χ0v) is 13.0. The SMILES string of the molecule is COC(=O)c1sc(NCC2CCN(C)C2)c(C(N)=O)c1N. The molecule has 8 heteroatoms. The number of hydrogen-bond donors (Lipinski definition) is 3. The van der Waals surface area contributed by atoms with E-state index in [-0.39, 0.29) is 16.1 Å². The molecule has 1 saturated heterocycles. The molecule has 1 amide bonds. The minimum Gasteiger partial charge on any atom is -0.465 e. The standard InChI is InChI=1S/C13H20N4O3S/c1-17-4-3-7(6-17)5-16-12-8(11(15)18)9(14)10(21-12)13(19)20-2/h7,16H,3-6,14H2,1-2H3,(H2,15,18). The van der Waals surface area contributed by atoms with Crippen molar-refractivity contribution in [3.05, 3.63) is 10.4 Å². The molecule has 2 heterocycles. The van der Waals surface area contributed by atoms with E-state index in [4.69, 9.17) is 11.5 Å². The van der Waals surface area contributed by atoms with Gasteiger partial charge < -0.3 is 26.4 Å². The van der Waals surface area contributed by atoms with E-state index in [0.29, 0.717) is 17.5 Å². The molecule has 1 unspecified atom stereocenters. The van der Waals surface area contributed by atoms with Crippen LogP contribution in [0.3, 0.4) is 0 Å². The molecular formula is C13H20N4O3S. The first-order chi connectivity index (χ1) is 9.93. The number of nitrogens with two attached hydrogens (primary N) is 2. The van der Waals surface area contributed by atoms with Crippen LogP contribution in [0.2, 0.25) is 0 Å². The molecule has 0 aliphatic carbocycles. The van der Waals surface area contributed by atoms with Crippen LogP contribution in [0.5, 0.6) is 0 Å². The van der Waals surface area contributed by atoms with Gasteiger partial charge in [-0.1, -0.05) is 0 Å². The fraction of sp³-hybridized carbons (Fsp3) is 0.538. The van der Waals surface area contributed by atoms with Crippen molar-refractivity contribution in [3.8, 4) is 0 Å². The summed E-state index contributed by atoms with van der Waals surface area (Å²) in [4.78, 5) is 25.7. The number of ether oxygens (including phenoxy) is 1. The molecule has 5 N–H and O–H groups in total. The summed E-state index contributed by atoms with van der Waals surface area (Å²) < 4.78 is 4.66. The molecular weight excluding hydrogens is 292 g/mol. The molecule has 1 aliphatic heterocycles. The third kappa shape index (κ3) is 3.27. The van der Waals surface area contributed by atoms with Gasteiger partial charge in [-0.2, -0.15) is 0 Å². The van der Waals surface area contributed by atoms with Gasteiger partial charge in [0.1, 0.15) is 9.88 Å². The Bertz CT molecular complexity index is 558. The highest BCUT2D eigenvalue weighted by Gasteiger charge is 2.26. The van der Waals surface area contributed by atoms with Gasteiger partial charge in [0.15, 0.2) is 0 Å². The second kappa shape index (κ2) is 6.31. The number of esters is 1. The van der Waals surface area contributed by atoms with Gasteiger partial charge in [-0.3, -0.25) is 4.79 Å². The largest absolute Gasteiger partial charge is 0.465 e. The average molecular weight is 312 g/mol. The molecule has 1 fully saturated rings. The molecule has 21 heavy (non-hydrogen) atoms. The lowest BCUT2D eigenvalue weighted by Gasteiger charge is -2.12. The van der Waals surface area contributed by atoms with Gasteiger partial charge in [0, 0.05) is 13.1 Å². The molecule has 1 atom stereocenters. The molecule has 1 aromatic heterocycles. The first-order valence-corrected chi connectivity index (χ1v) is 7.48. The van der Waals surface area contributed by atoms with Crippen LogP contribution in [-0.4, -0.2) is 50.6 Å². The Kier molecular flexibility index (Phi) is 4.69. The second-order valence-electron chi connectivity index (χ2n) is 5.20. The minimum absolute atomic E-state index is 0.0883. The summed E-state index contributed by atoms with van der Waals surface area (Å²) in [6, 6.07) is 0. The van der Waals surface area contributed by atoms with Crippen molar-refractivity contribution in [2.24, 2.45) is 11.7 Å². The third-order valence-corrected chi connectivity index (χ3v) is 4.75. The maximum atomic E-state index is 11.6. The van der Waals surface area contributed by atoms with Crippen LogP contribution in [0.1, 0.15) is 26.5 Å². The van der Waals surface area contributed by atoms with E-state index in [9.17, 15) is 9.59 Å². The van der Waals surface area contributed by atoms with E-state index >= 15 is 0 Å². The molecule has 1 aromatic rings. The quantitative estimate of drug-likeness (QED) is 0.686. The Morgan fingerprint density at radius 3 is 2.76 bits per heavy atom. The number of hydrogen-bond acceptors (Lipinski definition) is 7. The number of carbonyl (C=O) groups is 2. The van der Waals surface area contributed by atoms with Crippen LogP contribution in [0.25, 0.3) is 0 Å². The molecule has 7 nitrogen and oxygen atoms in total. The van der Waals surface area contributed by atoms with Crippen LogP contribution in [0.15, 0.2) is 0 Å². The molecule has 0 bridgehead atoms. The molecule has 0 saturated carbocycles. The lowest BCUT2D eigenvalue weighted by molar-refractivity contribution is 0.0607. The third-order valence-electron chi connectivity index (χ3n) is 3.60. The van der Waals surface area contributed by atoms with Crippen molar-refractivity contribution in [2.45, 2.75) is 6.42 Å². The van der Waals surface area contributed by atoms with Crippen LogP contribution in [-0.2, 0) is 4.74 Å². The van der Waals surface area contributed by atoms with Crippen LogP contribution < -0.4 is 16.8 Å². The summed E-state index contributed by atoms with van der Waals surface area (Å²) in [6.07, 6.45) is 1.10. The van der Waals surface area contributed by atoms with Gasteiger partial charge in [0.25, 0.3) is 5.91 Å². The van der Waals surface area contributed by atoms with Crippen LogP contribution >= 0.6 is 11.3 Å². The first kappa shape index (κ1) is 15.6. The van der Waals surface area contributed by atoms with Crippen molar-refractivity contribution >= 4 is 33.9 Å². The van der Waals surface area contributed by atoms with Gasteiger partial charge >= 0.3 is 5.97 Å². The Morgan fingerprint density at radius 2 is 2.24 bits per heavy atom. The van der Waals surface area contributed by atoms with E-state index in [1.165, 1.54) is 7.11 Å². The summed E-state index contributed by atoms with van der Waals surface area (Å²) in [5.41, 5.74) is 11.5. The maximum Gasteiger partial charge on any atom is 0.350 e. The Labute approximate surface area is 127 Å². The van der Waals surface area contributed by atoms with Crippen molar-refractivity contribution in [3.63, 3.8) is 0 Å². The van der Waals surface area contributed by atoms with E-state index in [1.54, 1.807) is 0 Å². The van der Waals surface area contributed by atoms with Crippen LogP contribution in [0.4, 0.5) is 10.7 Å². The van der Waals surface area contributed by atoms with E-state index in [2.05, 4.69) is 22.0 Å². The number of likely N-dealkylation sites (tertiary alicyclic amines) is 1. The second-order valence-corrected chi connectivity index (χ2v) is 6.22. The predicted molar refractivity (Wildman–Crippen MR) is 82.7 cm³/mol. The van der Waals surface area contributed by atoms with Crippen molar-refractivity contribution in [1.29, 1.82) is 0 Å². The van der Waals surface area contributed by atoms with E-state index in [1.807, 2.05) is 0 Å². The molecule has 1 aliphatic rings. The number of primary amides is 1. The Hall–Kier alpha value is -1.80. The number of anilines is 2. The molecule has 0 spiro atoms. The van der Waals surface area contributed by atoms with Gasteiger partial charge in [-0.05, 0) is 25.9 Å². The fourth-order valence-electron chi connectivity index (χ4n) is 2.49. The topological polar surface area (TPSA) is 111 Å². The summed E-state index contributed by atoms with van der Waals surface area (Å²) in [7, 11) is 3.35. The molecule has 0 radical (unpaired) electrons. The highest BCUT2D eigenvalue weighted by molar-refractivity contribution is 7.19. The lowest BCUT2D eigenvalue weighted by Crippen LogP contribution is -2.20. The minimum atomic E-state index is -0.648. The Morgan fingerprint density at radius 1 is 1.52 bits per heavy atom. The first-order valence-electron chi connectivity index (χ1n) is 6.66. The summed E-state index contributed by atoms with van der Waals surface area (Å²) in [5.74, 6) is -0.709. The van der Waals surface area contributed by atoms with E-state index in [0.717, 1.165) is 30.8 Å². The number of nitrogens with one attached hydrogen (secondary N) is 1. The number of rotatable bonds is 5. The fourth-order valence-corrected chi connectivity index (χ4v) is 3.54. The van der Waals surface area contributed by atoms with Crippen molar-refractivity contribution < 1.29 is 14.3 Å². The number of amides is 1. The van der Waals surface area contributed by atoms with Crippen LogP contribution in [0, 0.1) is 5.92 Å². The maximum absolute atomic E-state index is 11.6. The lowest BCUT2D eigenvalue weighted by atomic mass is 10.1. The summed E-state index contributed by atoms with van der Waals surface area (Å²) in [6.45, 7) is 2.78. The number of thiophene rings is 1. The average Bonchev–Trinajstić information content (AvgIpc) is 2.99. The highest BCUT2D eigenvalue weighted by Crippen LogP contribution is 2.36. The number of carbonyl (C=O) groups excluding carboxylic acids is 2. The number of nitrogen functional groups attached to an aromatic ring is 1. The number of methoxy groups -OCH3 is 1.